The molecular weight excluding hydrogens is 369 g/mol. The van der Waals surface area contributed by atoms with E-state index in [1.165, 1.54) is 17.7 Å². The van der Waals surface area contributed by atoms with Crippen LogP contribution in [0.5, 0.6) is 5.75 Å². The normalized spacial score (nSPS) is 14.6. The van der Waals surface area contributed by atoms with Gasteiger partial charge in [-0.1, -0.05) is 54.1 Å². The average Bonchev–Trinajstić information content (AvgIpc) is 3.07. The Labute approximate surface area is 167 Å². The van der Waals surface area contributed by atoms with E-state index in [1.807, 2.05) is 49.4 Å². The highest BCUT2D eigenvalue weighted by Crippen LogP contribution is 2.22. The molecule has 0 unspecified atom stereocenters. The van der Waals surface area contributed by atoms with Crippen LogP contribution in [0.4, 0.5) is 4.39 Å². The molecular formula is C24H18FNO3. The van der Waals surface area contributed by atoms with Gasteiger partial charge in [0.25, 0.3) is 0 Å². The molecule has 0 aromatic heterocycles. The molecule has 3 aromatic carbocycles. The van der Waals surface area contributed by atoms with Gasteiger partial charge in [0.15, 0.2) is 5.70 Å². The van der Waals surface area contributed by atoms with Gasteiger partial charge in [0.2, 0.25) is 5.90 Å². The van der Waals surface area contributed by atoms with Crippen molar-refractivity contribution in [2.75, 3.05) is 0 Å². The molecule has 0 bridgehead atoms. The van der Waals surface area contributed by atoms with E-state index < -0.39 is 11.8 Å². The number of halogens is 1. The molecule has 0 fully saturated rings. The molecule has 0 amide bonds. The molecule has 4 rings (SSSR count). The molecule has 1 heterocycles. The highest BCUT2D eigenvalue weighted by molar-refractivity contribution is 6.12. The highest BCUT2D eigenvalue weighted by Gasteiger charge is 2.25. The molecule has 0 N–H and O–H groups in total. The molecule has 0 radical (unpaired) electrons. The topological polar surface area (TPSA) is 47.9 Å². The molecule has 4 nitrogen and oxygen atoms in total. The van der Waals surface area contributed by atoms with Crippen LogP contribution in [0.2, 0.25) is 0 Å². The Hall–Kier alpha value is -3.73. The van der Waals surface area contributed by atoms with Gasteiger partial charge in [-0.05, 0) is 48.4 Å². The van der Waals surface area contributed by atoms with Crippen molar-refractivity contribution in [2.45, 2.75) is 13.5 Å². The second-order valence-corrected chi connectivity index (χ2v) is 6.67. The molecule has 0 spiro atoms. The highest BCUT2D eigenvalue weighted by atomic mass is 19.1. The summed E-state index contributed by atoms with van der Waals surface area (Å²) in [5, 5.41) is 0. The minimum absolute atomic E-state index is 0.0359. The van der Waals surface area contributed by atoms with Crippen LogP contribution in [0, 0.1) is 12.7 Å². The molecule has 0 saturated heterocycles. The van der Waals surface area contributed by atoms with Gasteiger partial charge in [0, 0.05) is 0 Å². The van der Waals surface area contributed by atoms with Crippen molar-refractivity contribution in [3.63, 3.8) is 0 Å². The third kappa shape index (κ3) is 4.41. The number of hydrogen-bond acceptors (Lipinski definition) is 4. The fourth-order valence-electron chi connectivity index (χ4n) is 2.98. The Balaban J connectivity index is 1.53. The minimum Gasteiger partial charge on any atom is -0.489 e. The van der Waals surface area contributed by atoms with Crippen molar-refractivity contribution >= 4 is 17.9 Å². The second kappa shape index (κ2) is 8.10. The smallest absolute Gasteiger partial charge is 0.363 e. The predicted octanol–water partition coefficient (Wildman–Crippen LogP) is 5.06. The molecule has 0 aliphatic carbocycles. The second-order valence-electron chi connectivity index (χ2n) is 6.67. The molecule has 144 valence electrons. The van der Waals surface area contributed by atoms with Crippen LogP contribution in [-0.4, -0.2) is 11.9 Å². The summed E-state index contributed by atoms with van der Waals surface area (Å²) in [5.74, 6) is -0.474. The maximum absolute atomic E-state index is 13.9. The Morgan fingerprint density at radius 2 is 1.86 bits per heavy atom. The van der Waals surface area contributed by atoms with E-state index in [1.54, 1.807) is 18.2 Å². The Bertz CT molecular complexity index is 1130. The summed E-state index contributed by atoms with van der Waals surface area (Å²) in [6, 6.07) is 21.5. The molecule has 1 aliphatic heterocycles. The van der Waals surface area contributed by atoms with Gasteiger partial charge < -0.3 is 9.47 Å². The van der Waals surface area contributed by atoms with E-state index >= 15 is 0 Å². The largest absolute Gasteiger partial charge is 0.489 e. The lowest BCUT2D eigenvalue weighted by Crippen LogP contribution is -2.07. The number of benzene rings is 3. The monoisotopic (exact) mass is 387 g/mol. The molecule has 1 aliphatic rings. The maximum atomic E-state index is 13.9. The SMILES string of the molecule is Cc1cccc(COc2cccc(/C=C3\N=C(c4ccccc4F)OC3=O)c2)c1. The van der Waals surface area contributed by atoms with Crippen LogP contribution >= 0.6 is 0 Å². The molecule has 29 heavy (non-hydrogen) atoms. The number of aryl methyl sites for hydroxylation is 1. The first-order valence-corrected chi connectivity index (χ1v) is 9.14. The van der Waals surface area contributed by atoms with Crippen LogP contribution in [0.15, 0.2) is 83.5 Å². The van der Waals surface area contributed by atoms with Gasteiger partial charge >= 0.3 is 5.97 Å². The first-order valence-electron chi connectivity index (χ1n) is 9.14. The van der Waals surface area contributed by atoms with Gasteiger partial charge in [-0.15, -0.1) is 0 Å². The standard InChI is InChI=1S/C24H18FNO3/c1-16-6-4-8-18(12-16)15-28-19-9-5-7-17(13-19)14-22-24(27)29-23(26-22)20-10-2-3-11-21(20)25/h2-14H,15H2,1H3/b22-14-. The number of rotatable bonds is 5. The van der Waals surface area contributed by atoms with Crippen molar-refractivity contribution in [1.29, 1.82) is 0 Å². The molecule has 3 aromatic rings. The van der Waals surface area contributed by atoms with Gasteiger partial charge in [0.1, 0.15) is 18.2 Å². The summed E-state index contributed by atoms with van der Waals surface area (Å²) < 4.78 is 24.9. The average molecular weight is 387 g/mol. The van der Waals surface area contributed by atoms with E-state index in [9.17, 15) is 9.18 Å². The lowest BCUT2D eigenvalue weighted by molar-refractivity contribution is -0.129. The lowest BCUT2D eigenvalue weighted by atomic mass is 10.1. The van der Waals surface area contributed by atoms with Crippen LogP contribution in [0.25, 0.3) is 6.08 Å². The Morgan fingerprint density at radius 3 is 2.69 bits per heavy atom. The zero-order valence-electron chi connectivity index (χ0n) is 15.8. The summed E-state index contributed by atoms with van der Waals surface area (Å²) in [7, 11) is 0. The summed E-state index contributed by atoms with van der Waals surface area (Å²) >= 11 is 0. The van der Waals surface area contributed by atoms with Crippen molar-refractivity contribution in [3.8, 4) is 5.75 Å². The minimum atomic E-state index is -0.616. The number of ether oxygens (including phenoxy) is 2. The van der Waals surface area contributed by atoms with Crippen LogP contribution in [0.3, 0.4) is 0 Å². The fourth-order valence-corrected chi connectivity index (χ4v) is 2.98. The number of carbonyl (C=O) groups excluding carboxylic acids is 1. The third-order valence-electron chi connectivity index (χ3n) is 4.37. The van der Waals surface area contributed by atoms with Crippen molar-refractivity contribution in [2.24, 2.45) is 4.99 Å². The van der Waals surface area contributed by atoms with E-state index in [-0.39, 0.29) is 17.2 Å². The predicted molar refractivity (Wildman–Crippen MR) is 109 cm³/mol. The lowest BCUT2D eigenvalue weighted by Gasteiger charge is -2.07. The third-order valence-corrected chi connectivity index (χ3v) is 4.37. The first kappa shape index (κ1) is 18.6. The summed E-state index contributed by atoms with van der Waals surface area (Å²) in [6.07, 6.45) is 1.59. The van der Waals surface area contributed by atoms with E-state index in [0.29, 0.717) is 12.4 Å². The van der Waals surface area contributed by atoms with Gasteiger partial charge in [0.05, 0.1) is 5.56 Å². The summed E-state index contributed by atoms with van der Waals surface area (Å²) in [6.45, 7) is 2.48. The van der Waals surface area contributed by atoms with Gasteiger partial charge in [-0.25, -0.2) is 14.2 Å². The number of hydrogen-bond donors (Lipinski definition) is 0. The van der Waals surface area contributed by atoms with E-state index in [0.717, 1.165) is 11.1 Å². The molecule has 5 heteroatoms. The van der Waals surface area contributed by atoms with Crippen LogP contribution in [0.1, 0.15) is 22.3 Å². The zero-order valence-corrected chi connectivity index (χ0v) is 15.8. The number of carbonyl (C=O) groups is 1. The van der Waals surface area contributed by atoms with Crippen LogP contribution < -0.4 is 4.74 Å². The maximum Gasteiger partial charge on any atom is 0.363 e. The molecule has 0 saturated carbocycles. The fraction of sp³-hybridized carbons (Fsp3) is 0.0833. The number of aliphatic imine (C=N–C) groups is 1. The first-order chi connectivity index (χ1) is 14.1. The van der Waals surface area contributed by atoms with Crippen molar-refractivity contribution in [1.82, 2.24) is 0 Å². The Morgan fingerprint density at radius 1 is 1.03 bits per heavy atom. The van der Waals surface area contributed by atoms with Crippen molar-refractivity contribution < 1.29 is 18.7 Å². The quantitative estimate of drug-likeness (QED) is 0.454. The van der Waals surface area contributed by atoms with Crippen LogP contribution in [-0.2, 0) is 16.1 Å². The number of esters is 1. The summed E-state index contributed by atoms with van der Waals surface area (Å²) in [4.78, 5) is 16.3. The number of cyclic esters (lactones) is 1. The van der Waals surface area contributed by atoms with Gasteiger partial charge in [-0.3, -0.25) is 0 Å². The number of nitrogens with zero attached hydrogens (tertiary/aromatic N) is 1. The van der Waals surface area contributed by atoms with Gasteiger partial charge in [-0.2, -0.15) is 0 Å². The summed E-state index contributed by atoms with van der Waals surface area (Å²) in [5.41, 5.74) is 3.25. The van der Waals surface area contributed by atoms with E-state index in [4.69, 9.17) is 9.47 Å². The van der Waals surface area contributed by atoms with E-state index in [2.05, 4.69) is 11.1 Å². The Kier molecular flexibility index (Phi) is 5.20. The zero-order chi connectivity index (χ0) is 20.2. The van der Waals surface area contributed by atoms with Crippen molar-refractivity contribution in [3.05, 3.63) is 107 Å². The molecule has 0 atom stereocenters.